The Hall–Kier alpha value is -1.29. The monoisotopic (exact) mass is 221 g/mol. The van der Waals surface area contributed by atoms with Crippen LogP contribution in [0.4, 0.5) is 0 Å². The van der Waals surface area contributed by atoms with Gasteiger partial charge in [0.05, 0.1) is 11.6 Å². The van der Waals surface area contributed by atoms with E-state index in [1.54, 1.807) is 6.08 Å². The second-order valence-electron chi connectivity index (χ2n) is 4.53. The maximum absolute atomic E-state index is 12.0. The number of carbonyl (C=O) groups excluding carboxylic acids is 1. The maximum Gasteiger partial charge on any atom is 0.183 e. The van der Waals surface area contributed by atoms with E-state index in [4.69, 9.17) is 4.74 Å². The van der Waals surface area contributed by atoms with Crippen LogP contribution < -0.4 is 5.32 Å². The standard InChI is InChI=1S/C12H15NO3/c1-2-8-11(15)7-4-3-6-5-9(14)13-10(6)12(7)16-8/h5,7-9,13-14H,2-4H2,1H3. The molecule has 3 aliphatic rings. The molecule has 0 saturated carbocycles. The molecule has 0 aromatic carbocycles. The minimum Gasteiger partial charge on any atom is -0.484 e. The zero-order valence-corrected chi connectivity index (χ0v) is 9.19. The minimum atomic E-state index is -0.629. The molecule has 3 rings (SSSR count). The summed E-state index contributed by atoms with van der Waals surface area (Å²) in [5.41, 5.74) is 1.94. The van der Waals surface area contributed by atoms with Crippen molar-refractivity contribution < 1.29 is 14.6 Å². The molecule has 1 aliphatic carbocycles. The van der Waals surface area contributed by atoms with Gasteiger partial charge in [-0.1, -0.05) is 6.92 Å². The van der Waals surface area contributed by atoms with Gasteiger partial charge in [-0.2, -0.15) is 0 Å². The molecule has 4 heteroatoms. The highest BCUT2D eigenvalue weighted by Gasteiger charge is 2.44. The molecular weight excluding hydrogens is 206 g/mol. The Labute approximate surface area is 94.0 Å². The zero-order chi connectivity index (χ0) is 11.3. The van der Waals surface area contributed by atoms with Gasteiger partial charge in [-0.05, 0) is 30.9 Å². The summed E-state index contributed by atoms with van der Waals surface area (Å²) in [6.07, 6.45) is 3.26. The number of ketones is 1. The molecule has 2 heterocycles. The second-order valence-corrected chi connectivity index (χ2v) is 4.53. The highest BCUT2D eigenvalue weighted by atomic mass is 16.5. The van der Waals surface area contributed by atoms with Crippen LogP contribution in [0.15, 0.2) is 23.1 Å². The molecule has 1 saturated heterocycles. The van der Waals surface area contributed by atoms with Crippen LogP contribution in [-0.2, 0) is 9.53 Å². The molecule has 1 fully saturated rings. The van der Waals surface area contributed by atoms with E-state index in [0.717, 1.165) is 29.9 Å². The lowest BCUT2D eigenvalue weighted by atomic mass is 9.86. The third-order valence-electron chi connectivity index (χ3n) is 3.54. The van der Waals surface area contributed by atoms with Crippen LogP contribution in [0.3, 0.4) is 0 Å². The van der Waals surface area contributed by atoms with Crippen molar-refractivity contribution in [1.29, 1.82) is 0 Å². The molecule has 0 bridgehead atoms. The summed E-state index contributed by atoms with van der Waals surface area (Å²) in [6.45, 7) is 1.96. The van der Waals surface area contributed by atoms with Gasteiger partial charge in [0, 0.05) is 0 Å². The highest BCUT2D eigenvalue weighted by Crippen LogP contribution is 2.42. The van der Waals surface area contributed by atoms with Crippen molar-refractivity contribution >= 4 is 5.78 Å². The fraction of sp³-hybridized carbons (Fsp3) is 0.583. The highest BCUT2D eigenvalue weighted by molar-refractivity contribution is 5.90. The van der Waals surface area contributed by atoms with Gasteiger partial charge in [0.25, 0.3) is 0 Å². The molecule has 0 aromatic rings. The van der Waals surface area contributed by atoms with Crippen molar-refractivity contribution in [3.63, 3.8) is 0 Å². The Morgan fingerprint density at radius 2 is 2.44 bits per heavy atom. The summed E-state index contributed by atoms with van der Waals surface area (Å²) in [4.78, 5) is 12.0. The molecule has 3 atom stereocenters. The largest absolute Gasteiger partial charge is 0.484 e. The van der Waals surface area contributed by atoms with Gasteiger partial charge in [0.15, 0.2) is 11.9 Å². The number of carbonyl (C=O) groups is 1. The number of ether oxygens (including phenoxy) is 1. The van der Waals surface area contributed by atoms with Crippen molar-refractivity contribution in [2.75, 3.05) is 0 Å². The topological polar surface area (TPSA) is 58.6 Å². The lowest BCUT2D eigenvalue weighted by Crippen LogP contribution is -2.25. The first-order valence-corrected chi connectivity index (χ1v) is 5.81. The Morgan fingerprint density at radius 1 is 1.62 bits per heavy atom. The predicted molar refractivity (Wildman–Crippen MR) is 57.1 cm³/mol. The lowest BCUT2D eigenvalue weighted by Gasteiger charge is -2.20. The van der Waals surface area contributed by atoms with E-state index in [9.17, 15) is 9.90 Å². The molecule has 2 aliphatic heterocycles. The number of Topliss-reactive ketones (excluding diaryl/α,β-unsaturated/α-hetero) is 1. The van der Waals surface area contributed by atoms with E-state index in [1.165, 1.54) is 0 Å². The first-order chi connectivity index (χ1) is 7.70. The second kappa shape index (κ2) is 3.35. The van der Waals surface area contributed by atoms with Gasteiger partial charge in [-0.15, -0.1) is 0 Å². The number of hydrogen-bond donors (Lipinski definition) is 2. The van der Waals surface area contributed by atoms with Gasteiger partial charge in [-0.3, -0.25) is 4.79 Å². The first kappa shape index (κ1) is 9.90. The van der Waals surface area contributed by atoms with E-state index < -0.39 is 6.23 Å². The van der Waals surface area contributed by atoms with Crippen LogP contribution in [0.5, 0.6) is 0 Å². The van der Waals surface area contributed by atoms with Gasteiger partial charge in [0.2, 0.25) is 0 Å². The molecule has 0 aromatic heterocycles. The summed E-state index contributed by atoms with van der Waals surface area (Å²) in [5, 5.41) is 12.5. The third kappa shape index (κ3) is 1.23. The molecule has 86 valence electrons. The average molecular weight is 221 g/mol. The maximum atomic E-state index is 12.0. The molecule has 0 amide bonds. The normalized spacial score (nSPS) is 36.5. The van der Waals surface area contributed by atoms with Gasteiger partial charge >= 0.3 is 0 Å². The van der Waals surface area contributed by atoms with E-state index in [0.29, 0.717) is 6.42 Å². The van der Waals surface area contributed by atoms with Crippen LogP contribution in [0, 0.1) is 5.92 Å². The van der Waals surface area contributed by atoms with Crippen LogP contribution in [0.25, 0.3) is 0 Å². The zero-order valence-electron chi connectivity index (χ0n) is 9.19. The van der Waals surface area contributed by atoms with Gasteiger partial charge in [0.1, 0.15) is 12.0 Å². The number of rotatable bonds is 1. The smallest absolute Gasteiger partial charge is 0.183 e. The Balaban J connectivity index is 2.01. The number of aliphatic hydroxyl groups is 1. The Bertz CT molecular complexity index is 410. The van der Waals surface area contributed by atoms with Crippen LogP contribution in [-0.4, -0.2) is 23.2 Å². The van der Waals surface area contributed by atoms with Gasteiger partial charge < -0.3 is 15.2 Å². The fourth-order valence-electron chi connectivity index (χ4n) is 2.73. The van der Waals surface area contributed by atoms with Crippen molar-refractivity contribution in [2.45, 2.75) is 38.5 Å². The van der Waals surface area contributed by atoms with Crippen molar-refractivity contribution in [1.82, 2.24) is 5.32 Å². The summed E-state index contributed by atoms with van der Waals surface area (Å²) in [5.74, 6) is 0.869. The summed E-state index contributed by atoms with van der Waals surface area (Å²) in [6, 6.07) is 0. The van der Waals surface area contributed by atoms with Crippen LogP contribution in [0.1, 0.15) is 26.2 Å². The van der Waals surface area contributed by atoms with E-state index >= 15 is 0 Å². The van der Waals surface area contributed by atoms with Crippen molar-refractivity contribution in [3.05, 3.63) is 23.1 Å². The molecule has 2 N–H and O–H groups in total. The van der Waals surface area contributed by atoms with E-state index in [2.05, 4.69) is 5.32 Å². The average Bonchev–Trinajstić information content (AvgIpc) is 2.78. The first-order valence-electron chi connectivity index (χ1n) is 5.81. The Kier molecular flexibility index (Phi) is 2.07. The van der Waals surface area contributed by atoms with Gasteiger partial charge in [-0.25, -0.2) is 0 Å². The van der Waals surface area contributed by atoms with Crippen LogP contribution in [0.2, 0.25) is 0 Å². The molecule has 4 nitrogen and oxygen atoms in total. The summed E-state index contributed by atoms with van der Waals surface area (Å²) < 4.78 is 5.70. The lowest BCUT2D eigenvalue weighted by molar-refractivity contribution is -0.124. The van der Waals surface area contributed by atoms with Crippen molar-refractivity contribution in [3.8, 4) is 0 Å². The molecule has 16 heavy (non-hydrogen) atoms. The minimum absolute atomic E-state index is 0.0881. The number of fused-ring (bicyclic) bond motifs is 2. The van der Waals surface area contributed by atoms with Crippen molar-refractivity contribution in [2.24, 2.45) is 5.92 Å². The summed E-state index contributed by atoms with van der Waals surface area (Å²) in [7, 11) is 0. The third-order valence-corrected chi connectivity index (χ3v) is 3.54. The Morgan fingerprint density at radius 3 is 3.19 bits per heavy atom. The molecular formula is C12H15NO3. The number of allylic oxidation sites excluding steroid dienone is 2. The quantitative estimate of drug-likeness (QED) is 0.688. The molecule has 3 unspecified atom stereocenters. The predicted octanol–water partition coefficient (Wildman–Crippen LogP) is 0.834. The molecule has 0 radical (unpaired) electrons. The number of hydrogen-bond acceptors (Lipinski definition) is 4. The number of aliphatic hydroxyl groups excluding tert-OH is 1. The van der Waals surface area contributed by atoms with E-state index in [-0.39, 0.29) is 17.8 Å². The SMILES string of the molecule is CCC1OC2=C3NC(O)C=C3CCC2C1=O. The fourth-order valence-corrected chi connectivity index (χ4v) is 2.73. The molecule has 0 spiro atoms. The van der Waals surface area contributed by atoms with E-state index in [1.807, 2.05) is 6.92 Å². The van der Waals surface area contributed by atoms with Crippen LogP contribution >= 0.6 is 0 Å². The number of nitrogens with one attached hydrogen (secondary N) is 1. The summed E-state index contributed by atoms with van der Waals surface area (Å²) >= 11 is 0.